The van der Waals surface area contributed by atoms with Crippen molar-refractivity contribution in [1.82, 2.24) is 0 Å². The topological polar surface area (TPSA) is 17.1 Å². The van der Waals surface area contributed by atoms with Crippen molar-refractivity contribution >= 4 is 6.29 Å². The van der Waals surface area contributed by atoms with Gasteiger partial charge in [0.1, 0.15) is 6.29 Å². The van der Waals surface area contributed by atoms with Crippen LogP contribution in [-0.2, 0) is 11.2 Å². The molecular formula is C12H16O. The van der Waals surface area contributed by atoms with E-state index in [1.165, 1.54) is 11.1 Å². The standard InChI is InChI=1S/C12H16O/c1-4-11-5-9(2)6-12(7-11)10(3)8-13/h5-8,10H,4H2,1-3H3. The first-order valence-corrected chi connectivity index (χ1v) is 4.73. The smallest absolute Gasteiger partial charge is 0.127 e. The SMILES string of the molecule is CCc1cc(C)cc(C(C)C=O)c1. The molecule has 0 heterocycles. The zero-order valence-electron chi connectivity index (χ0n) is 8.50. The van der Waals surface area contributed by atoms with E-state index in [9.17, 15) is 4.79 Å². The van der Waals surface area contributed by atoms with Gasteiger partial charge in [0.15, 0.2) is 0 Å². The summed E-state index contributed by atoms with van der Waals surface area (Å²) in [7, 11) is 0. The van der Waals surface area contributed by atoms with E-state index >= 15 is 0 Å². The van der Waals surface area contributed by atoms with Crippen molar-refractivity contribution in [3.8, 4) is 0 Å². The number of hydrogen-bond acceptors (Lipinski definition) is 1. The molecule has 0 aliphatic rings. The number of carbonyl (C=O) groups is 1. The number of aldehydes is 1. The molecule has 0 fully saturated rings. The Bertz CT molecular complexity index is 302. The summed E-state index contributed by atoms with van der Waals surface area (Å²) in [6, 6.07) is 6.37. The molecule has 13 heavy (non-hydrogen) atoms. The van der Waals surface area contributed by atoms with Crippen molar-refractivity contribution in [1.29, 1.82) is 0 Å². The van der Waals surface area contributed by atoms with Crippen LogP contribution in [0.25, 0.3) is 0 Å². The number of hydrogen-bond donors (Lipinski definition) is 0. The Morgan fingerprint density at radius 3 is 2.62 bits per heavy atom. The van der Waals surface area contributed by atoms with Crippen LogP contribution < -0.4 is 0 Å². The summed E-state index contributed by atoms with van der Waals surface area (Å²) in [6.07, 6.45) is 2.02. The molecule has 1 aromatic rings. The zero-order valence-corrected chi connectivity index (χ0v) is 8.50. The summed E-state index contributed by atoms with van der Waals surface area (Å²) in [5.74, 6) is 0.0187. The first kappa shape index (κ1) is 9.97. The molecule has 1 aromatic carbocycles. The molecule has 0 aliphatic carbocycles. The molecule has 1 heteroatoms. The zero-order chi connectivity index (χ0) is 9.84. The van der Waals surface area contributed by atoms with E-state index in [2.05, 4.69) is 32.0 Å². The summed E-state index contributed by atoms with van der Waals surface area (Å²) in [4.78, 5) is 10.6. The number of rotatable bonds is 3. The minimum Gasteiger partial charge on any atom is -0.303 e. The predicted octanol–water partition coefficient (Wildman–Crippen LogP) is 2.86. The fourth-order valence-corrected chi connectivity index (χ4v) is 1.44. The van der Waals surface area contributed by atoms with E-state index in [1.807, 2.05) is 6.92 Å². The normalized spacial score (nSPS) is 12.5. The van der Waals surface area contributed by atoms with Gasteiger partial charge in [-0.3, -0.25) is 0 Å². The van der Waals surface area contributed by atoms with Gasteiger partial charge in [-0.25, -0.2) is 0 Å². The van der Waals surface area contributed by atoms with Crippen LogP contribution in [0.4, 0.5) is 0 Å². The Kier molecular flexibility index (Phi) is 3.24. The molecule has 1 atom stereocenters. The fourth-order valence-electron chi connectivity index (χ4n) is 1.44. The minimum absolute atomic E-state index is 0.0187. The van der Waals surface area contributed by atoms with Crippen LogP contribution in [0.2, 0.25) is 0 Å². The third kappa shape index (κ3) is 2.41. The molecule has 1 nitrogen and oxygen atoms in total. The van der Waals surface area contributed by atoms with E-state index in [0.717, 1.165) is 18.3 Å². The maximum atomic E-state index is 10.6. The highest BCUT2D eigenvalue weighted by molar-refractivity contribution is 5.61. The van der Waals surface area contributed by atoms with E-state index in [1.54, 1.807) is 0 Å². The van der Waals surface area contributed by atoms with E-state index < -0.39 is 0 Å². The number of carbonyl (C=O) groups excluding carboxylic acids is 1. The van der Waals surface area contributed by atoms with Gasteiger partial charge in [-0.1, -0.05) is 37.6 Å². The van der Waals surface area contributed by atoms with Gasteiger partial charge in [0.05, 0.1) is 0 Å². The van der Waals surface area contributed by atoms with Crippen LogP contribution in [0.1, 0.15) is 36.5 Å². The molecule has 0 spiro atoms. The van der Waals surface area contributed by atoms with Crippen molar-refractivity contribution in [3.63, 3.8) is 0 Å². The Labute approximate surface area is 79.8 Å². The second-order valence-electron chi connectivity index (χ2n) is 3.53. The lowest BCUT2D eigenvalue weighted by Crippen LogP contribution is -1.96. The highest BCUT2D eigenvalue weighted by Crippen LogP contribution is 2.17. The Morgan fingerprint density at radius 1 is 1.38 bits per heavy atom. The highest BCUT2D eigenvalue weighted by Gasteiger charge is 2.04. The van der Waals surface area contributed by atoms with Gasteiger partial charge in [-0.2, -0.15) is 0 Å². The molecule has 0 saturated heterocycles. The maximum absolute atomic E-state index is 10.6. The van der Waals surface area contributed by atoms with Crippen molar-refractivity contribution in [2.45, 2.75) is 33.1 Å². The molecule has 1 rings (SSSR count). The molecule has 0 bridgehead atoms. The number of aryl methyl sites for hydroxylation is 2. The van der Waals surface area contributed by atoms with E-state index in [0.29, 0.717) is 0 Å². The van der Waals surface area contributed by atoms with Gasteiger partial charge in [0.25, 0.3) is 0 Å². The maximum Gasteiger partial charge on any atom is 0.127 e. The van der Waals surface area contributed by atoms with Gasteiger partial charge in [-0.05, 0) is 24.5 Å². The van der Waals surface area contributed by atoms with Crippen LogP contribution in [0.3, 0.4) is 0 Å². The minimum atomic E-state index is 0.0187. The summed E-state index contributed by atoms with van der Waals surface area (Å²) >= 11 is 0. The fraction of sp³-hybridized carbons (Fsp3) is 0.417. The molecule has 0 radical (unpaired) electrons. The lowest BCUT2D eigenvalue weighted by Gasteiger charge is -2.08. The largest absolute Gasteiger partial charge is 0.303 e. The van der Waals surface area contributed by atoms with Crippen LogP contribution in [-0.4, -0.2) is 6.29 Å². The van der Waals surface area contributed by atoms with Crippen molar-refractivity contribution in [2.75, 3.05) is 0 Å². The average molecular weight is 176 g/mol. The van der Waals surface area contributed by atoms with Crippen LogP contribution in [0, 0.1) is 6.92 Å². The average Bonchev–Trinajstić information content (AvgIpc) is 2.15. The highest BCUT2D eigenvalue weighted by atomic mass is 16.1. The van der Waals surface area contributed by atoms with Crippen molar-refractivity contribution in [3.05, 3.63) is 34.9 Å². The van der Waals surface area contributed by atoms with E-state index in [4.69, 9.17) is 0 Å². The van der Waals surface area contributed by atoms with Crippen molar-refractivity contribution < 1.29 is 4.79 Å². The Balaban J connectivity index is 3.07. The third-order valence-corrected chi connectivity index (χ3v) is 2.30. The van der Waals surface area contributed by atoms with Gasteiger partial charge in [0, 0.05) is 5.92 Å². The van der Waals surface area contributed by atoms with Gasteiger partial charge >= 0.3 is 0 Å². The third-order valence-electron chi connectivity index (χ3n) is 2.30. The number of benzene rings is 1. The van der Waals surface area contributed by atoms with E-state index in [-0.39, 0.29) is 5.92 Å². The molecule has 0 aromatic heterocycles. The Hall–Kier alpha value is -1.11. The summed E-state index contributed by atoms with van der Waals surface area (Å²) in [5, 5.41) is 0. The van der Waals surface area contributed by atoms with Crippen molar-refractivity contribution in [2.24, 2.45) is 0 Å². The first-order chi connectivity index (χ1) is 6.17. The van der Waals surface area contributed by atoms with Crippen LogP contribution in [0.15, 0.2) is 18.2 Å². The second-order valence-corrected chi connectivity index (χ2v) is 3.53. The summed E-state index contributed by atoms with van der Waals surface area (Å²) < 4.78 is 0. The van der Waals surface area contributed by atoms with Crippen LogP contribution >= 0.6 is 0 Å². The quantitative estimate of drug-likeness (QED) is 0.647. The first-order valence-electron chi connectivity index (χ1n) is 4.73. The summed E-state index contributed by atoms with van der Waals surface area (Å²) in [6.45, 7) is 6.13. The second kappa shape index (κ2) is 4.22. The van der Waals surface area contributed by atoms with Gasteiger partial charge < -0.3 is 4.79 Å². The van der Waals surface area contributed by atoms with Crippen LogP contribution in [0.5, 0.6) is 0 Å². The lowest BCUT2D eigenvalue weighted by molar-refractivity contribution is -0.108. The molecule has 0 amide bonds. The Morgan fingerprint density at radius 2 is 2.08 bits per heavy atom. The summed E-state index contributed by atoms with van der Waals surface area (Å²) in [5.41, 5.74) is 3.68. The molecular weight excluding hydrogens is 160 g/mol. The predicted molar refractivity (Wildman–Crippen MR) is 55.0 cm³/mol. The molecule has 1 unspecified atom stereocenters. The van der Waals surface area contributed by atoms with Gasteiger partial charge in [0.2, 0.25) is 0 Å². The molecule has 0 saturated carbocycles. The molecule has 70 valence electrons. The van der Waals surface area contributed by atoms with Gasteiger partial charge in [-0.15, -0.1) is 0 Å². The monoisotopic (exact) mass is 176 g/mol. The lowest BCUT2D eigenvalue weighted by atomic mass is 9.97. The molecule has 0 aliphatic heterocycles. The molecule has 0 N–H and O–H groups in total.